The van der Waals surface area contributed by atoms with Crippen LogP contribution in [-0.2, 0) is 0 Å². The number of hydrogen-bond acceptors (Lipinski definition) is 4. The standard InChI is InChI=1S/C15H14N2O3/c1-12-9-10-14(15(16-12)17(18)19)20-11-5-8-13-6-3-2-4-7-13/h2-10H,11H2,1H3. The van der Waals surface area contributed by atoms with Crippen molar-refractivity contribution in [1.82, 2.24) is 4.98 Å². The maximum absolute atomic E-state index is 10.9. The summed E-state index contributed by atoms with van der Waals surface area (Å²) in [6, 6.07) is 13.0. The van der Waals surface area contributed by atoms with E-state index in [2.05, 4.69) is 4.98 Å². The highest BCUT2D eigenvalue weighted by Gasteiger charge is 2.16. The van der Waals surface area contributed by atoms with Gasteiger partial charge in [0.25, 0.3) is 0 Å². The van der Waals surface area contributed by atoms with Gasteiger partial charge in [0.15, 0.2) is 0 Å². The van der Waals surface area contributed by atoms with Gasteiger partial charge in [-0.05, 0) is 33.7 Å². The Balaban J connectivity index is 2.01. The minimum absolute atomic E-state index is 0.179. The van der Waals surface area contributed by atoms with Crippen molar-refractivity contribution >= 4 is 11.9 Å². The fourth-order valence-corrected chi connectivity index (χ4v) is 1.66. The van der Waals surface area contributed by atoms with Crippen LogP contribution >= 0.6 is 0 Å². The molecular weight excluding hydrogens is 256 g/mol. The van der Waals surface area contributed by atoms with E-state index in [1.807, 2.05) is 36.4 Å². The summed E-state index contributed by atoms with van der Waals surface area (Å²) < 4.78 is 5.38. The van der Waals surface area contributed by atoms with E-state index in [4.69, 9.17) is 4.74 Å². The minimum atomic E-state index is -0.538. The Bertz CT molecular complexity index is 624. The molecule has 20 heavy (non-hydrogen) atoms. The highest BCUT2D eigenvalue weighted by atomic mass is 16.6. The van der Waals surface area contributed by atoms with Crippen LogP contribution in [0.3, 0.4) is 0 Å². The van der Waals surface area contributed by atoms with E-state index in [9.17, 15) is 10.1 Å². The van der Waals surface area contributed by atoms with Gasteiger partial charge < -0.3 is 14.9 Å². The van der Waals surface area contributed by atoms with Crippen molar-refractivity contribution in [3.63, 3.8) is 0 Å². The molecule has 0 aliphatic heterocycles. The summed E-state index contributed by atoms with van der Waals surface area (Å²) in [6.45, 7) is 1.95. The summed E-state index contributed by atoms with van der Waals surface area (Å²) in [5.74, 6) is -0.0728. The predicted octanol–water partition coefficient (Wildman–Crippen LogP) is 3.39. The molecular formula is C15H14N2O3. The Labute approximate surface area is 116 Å². The van der Waals surface area contributed by atoms with Crippen molar-refractivity contribution in [3.8, 4) is 5.75 Å². The van der Waals surface area contributed by atoms with Crippen molar-refractivity contribution in [1.29, 1.82) is 0 Å². The predicted molar refractivity (Wildman–Crippen MR) is 76.6 cm³/mol. The lowest BCUT2D eigenvalue weighted by Crippen LogP contribution is -2.01. The molecule has 0 aliphatic rings. The second-order valence-electron chi connectivity index (χ2n) is 4.16. The Morgan fingerprint density at radius 3 is 2.70 bits per heavy atom. The third-order valence-corrected chi connectivity index (χ3v) is 2.60. The van der Waals surface area contributed by atoms with E-state index in [0.29, 0.717) is 5.69 Å². The molecule has 0 aliphatic carbocycles. The van der Waals surface area contributed by atoms with E-state index in [-0.39, 0.29) is 18.2 Å². The molecule has 5 heteroatoms. The number of nitrogens with zero attached hydrogens (tertiary/aromatic N) is 2. The second kappa shape index (κ2) is 6.47. The van der Waals surface area contributed by atoms with E-state index < -0.39 is 4.92 Å². The first-order valence-corrected chi connectivity index (χ1v) is 6.13. The monoisotopic (exact) mass is 270 g/mol. The Hall–Kier alpha value is -2.69. The Morgan fingerprint density at radius 2 is 2.00 bits per heavy atom. The number of aromatic nitrogens is 1. The van der Waals surface area contributed by atoms with E-state index in [0.717, 1.165) is 5.56 Å². The van der Waals surface area contributed by atoms with Gasteiger partial charge >= 0.3 is 5.82 Å². The number of benzene rings is 1. The van der Waals surface area contributed by atoms with E-state index in [1.54, 1.807) is 25.1 Å². The molecule has 2 aromatic rings. The zero-order valence-electron chi connectivity index (χ0n) is 11.0. The summed E-state index contributed by atoms with van der Waals surface area (Å²) in [7, 11) is 0. The number of ether oxygens (including phenoxy) is 1. The van der Waals surface area contributed by atoms with Crippen molar-refractivity contribution in [2.45, 2.75) is 6.92 Å². The van der Waals surface area contributed by atoms with E-state index in [1.165, 1.54) is 0 Å². The molecule has 0 saturated carbocycles. The van der Waals surface area contributed by atoms with Crippen molar-refractivity contribution in [3.05, 3.63) is 69.9 Å². The highest BCUT2D eigenvalue weighted by Crippen LogP contribution is 2.24. The van der Waals surface area contributed by atoms with Gasteiger partial charge in [0.1, 0.15) is 12.3 Å². The summed E-state index contributed by atoms with van der Waals surface area (Å²) in [6.07, 6.45) is 3.70. The molecule has 1 aromatic heterocycles. The first-order valence-electron chi connectivity index (χ1n) is 6.13. The van der Waals surface area contributed by atoms with Gasteiger partial charge in [0, 0.05) is 6.92 Å². The molecule has 5 nitrogen and oxygen atoms in total. The topological polar surface area (TPSA) is 65.3 Å². The fraction of sp³-hybridized carbons (Fsp3) is 0.133. The number of hydrogen-bond donors (Lipinski definition) is 0. The maximum atomic E-state index is 10.9. The number of nitro groups is 1. The Kier molecular flexibility index (Phi) is 4.44. The third-order valence-electron chi connectivity index (χ3n) is 2.60. The van der Waals surface area contributed by atoms with Gasteiger partial charge in [-0.15, -0.1) is 0 Å². The van der Waals surface area contributed by atoms with Gasteiger partial charge in [-0.25, -0.2) is 0 Å². The molecule has 1 aromatic carbocycles. The zero-order valence-corrected chi connectivity index (χ0v) is 11.0. The fourth-order valence-electron chi connectivity index (χ4n) is 1.66. The minimum Gasteiger partial charge on any atom is -0.481 e. The van der Waals surface area contributed by atoms with Crippen LogP contribution in [0, 0.1) is 17.0 Å². The van der Waals surface area contributed by atoms with Gasteiger partial charge in [-0.2, -0.15) is 0 Å². The first kappa shape index (κ1) is 13.7. The Morgan fingerprint density at radius 1 is 1.25 bits per heavy atom. The summed E-state index contributed by atoms with van der Waals surface area (Å²) in [5.41, 5.74) is 1.64. The summed E-state index contributed by atoms with van der Waals surface area (Å²) in [4.78, 5) is 14.2. The molecule has 0 radical (unpaired) electrons. The number of pyridine rings is 1. The number of rotatable bonds is 5. The zero-order chi connectivity index (χ0) is 14.4. The first-order chi connectivity index (χ1) is 9.66. The molecule has 0 amide bonds. The van der Waals surface area contributed by atoms with Gasteiger partial charge in [0.2, 0.25) is 5.75 Å². The molecule has 0 unspecified atom stereocenters. The lowest BCUT2D eigenvalue weighted by Gasteiger charge is -2.03. The second-order valence-corrected chi connectivity index (χ2v) is 4.16. The van der Waals surface area contributed by atoms with Crippen LogP contribution in [0.25, 0.3) is 6.08 Å². The summed E-state index contributed by atoms with van der Waals surface area (Å²) in [5, 5.41) is 10.9. The van der Waals surface area contributed by atoms with Crippen LogP contribution in [0.5, 0.6) is 5.75 Å². The molecule has 2 rings (SSSR count). The molecule has 0 atom stereocenters. The molecule has 0 N–H and O–H groups in total. The van der Waals surface area contributed by atoms with Gasteiger partial charge in [0.05, 0.1) is 0 Å². The average Bonchev–Trinajstić information content (AvgIpc) is 2.45. The SMILES string of the molecule is Cc1ccc(OCC=Cc2ccccc2)c([N+](=O)[O-])n1. The molecule has 0 spiro atoms. The third kappa shape index (κ3) is 3.65. The van der Waals surface area contributed by atoms with Gasteiger partial charge in [-0.3, -0.25) is 0 Å². The van der Waals surface area contributed by atoms with Crippen molar-refractivity contribution < 1.29 is 9.66 Å². The molecule has 0 fully saturated rings. The van der Waals surface area contributed by atoms with Gasteiger partial charge in [-0.1, -0.05) is 36.4 Å². The van der Waals surface area contributed by atoms with Crippen LogP contribution in [-0.4, -0.2) is 16.5 Å². The quantitative estimate of drug-likeness (QED) is 0.617. The smallest absolute Gasteiger partial charge is 0.406 e. The summed E-state index contributed by atoms with van der Waals surface area (Å²) >= 11 is 0. The van der Waals surface area contributed by atoms with Crippen LogP contribution < -0.4 is 4.74 Å². The number of aryl methyl sites for hydroxylation is 1. The van der Waals surface area contributed by atoms with Crippen LogP contribution in [0.15, 0.2) is 48.5 Å². The lowest BCUT2D eigenvalue weighted by molar-refractivity contribution is -0.390. The molecule has 102 valence electrons. The van der Waals surface area contributed by atoms with Crippen LogP contribution in [0.4, 0.5) is 5.82 Å². The van der Waals surface area contributed by atoms with Crippen LogP contribution in [0.1, 0.15) is 11.3 Å². The van der Waals surface area contributed by atoms with E-state index >= 15 is 0 Å². The maximum Gasteiger partial charge on any atom is 0.406 e. The van der Waals surface area contributed by atoms with Crippen molar-refractivity contribution in [2.24, 2.45) is 0 Å². The highest BCUT2D eigenvalue weighted by molar-refractivity contribution is 5.49. The average molecular weight is 270 g/mol. The largest absolute Gasteiger partial charge is 0.481 e. The normalized spacial score (nSPS) is 10.7. The lowest BCUT2D eigenvalue weighted by atomic mass is 10.2. The molecule has 1 heterocycles. The molecule has 0 saturated heterocycles. The molecule has 0 bridgehead atoms. The van der Waals surface area contributed by atoms with Crippen molar-refractivity contribution in [2.75, 3.05) is 6.61 Å². The van der Waals surface area contributed by atoms with Crippen LogP contribution in [0.2, 0.25) is 0 Å².